The number of rotatable bonds is 1. The maximum atomic E-state index is 12.0. The van der Waals surface area contributed by atoms with Gasteiger partial charge in [-0.05, 0) is 12.3 Å². The predicted octanol–water partition coefficient (Wildman–Crippen LogP) is 1.80. The van der Waals surface area contributed by atoms with Gasteiger partial charge in [-0.15, -0.1) is 0 Å². The zero-order valence-corrected chi connectivity index (χ0v) is 11.1. The average Bonchev–Trinajstić information content (AvgIpc) is 2.26. The van der Waals surface area contributed by atoms with Crippen molar-refractivity contribution in [3.63, 3.8) is 0 Å². The molecule has 1 atom stereocenters. The van der Waals surface area contributed by atoms with Gasteiger partial charge in [0.1, 0.15) is 0 Å². The van der Waals surface area contributed by atoms with E-state index in [2.05, 4.69) is 20.8 Å². The van der Waals surface area contributed by atoms with Crippen LogP contribution in [0.1, 0.15) is 27.7 Å². The number of nitrogens with zero attached hydrogens (tertiary/aromatic N) is 2. The fraction of sp³-hybridized carbons (Fsp3) is 0.917. The fourth-order valence-corrected chi connectivity index (χ4v) is 1.72. The molecule has 4 nitrogen and oxygen atoms in total. The van der Waals surface area contributed by atoms with Gasteiger partial charge in [0.15, 0.2) is 0 Å². The number of hydrogen-bond acceptors (Lipinski definition) is 2. The Morgan fingerprint density at radius 3 is 2.62 bits per heavy atom. The van der Waals surface area contributed by atoms with Crippen LogP contribution in [0.4, 0.5) is 4.79 Å². The largest absolute Gasteiger partial charge is 0.374 e. The smallest absolute Gasteiger partial charge is 0.319 e. The molecule has 0 aliphatic carbocycles. The molecule has 1 fully saturated rings. The fourth-order valence-electron chi connectivity index (χ4n) is 1.72. The molecule has 1 aliphatic rings. The molecule has 4 heteroatoms. The maximum Gasteiger partial charge on any atom is 0.319 e. The van der Waals surface area contributed by atoms with Gasteiger partial charge in [0.25, 0.3) is 0 Å². The Bertz CT molecular complexity index is 248. The lowest BCUT2D eigenvalue weighted by atomic mass is 9.88. The van der Waals surface area contributed by atoms with Crippen LogP contribution in [0.15, 0.2) is 0 Å². The third kappa shape index (κ3) is 3.11. The monoisotopic (exact) mass is 228 g/mol. The second kappa shape index (κ2) is 5.04. The van der Waals surface area contributed by atoms with Crippen LogP contribution in [0.5, 0.6) is 0 Å². The Balaban J connectivity index is 2.60. The molecule has 0 aromatic heterocycles. The zero-order valence-electron chi connectivity index (χ0n) is 11.1. The molecule has 0 spiro atoms. The summed E-state index contributed by atoms with van der Waals surface area (Å²) in [4.78, 5) is 15.6. The van der Waals surface area contributed by atoms with Crippen molar-refractivity contribution >= 4 is 6.03 Å². The first-order chi connectivity index (χ1) is 7.36. The summed E-state index contributed by atoms with van der Waals surface area (Å²) in [7, 11) is 1.84. The molecular weight excluding hydrogens is 204 g/mol. The van der Waals surface area contributed by atoms with Crippen LogP contribution >= 0.6 is 0 Å². The minimum Gasteiger partial charge on any atom is -0.374 e. The second-order valence-corrected chi connectivity index (χ2v) is 5.47. The van der Waals surface area contributed by atoms with E-state index in [1.165, 1.54) is 0 Å². The summed E-state index contributed by atoms with van der Waals surface area (Å²) >= 11 is 0. The lowest BCUT2D eigenvalue weighted by molar-refractivity contribution is -0.0700. The Morgan fingerprint density at radius 1 is 1.50 bits per heavy atom. The summed E-state index contributed by atoms with van der Waals surface area (Å²) in [6.45, 7) is 11.2. The third-order valence-electron chi connectivity index (χ3n) is 3.10. The molecule has 2 amide bonds. The van der Waals surface area contributed by atoms with Crippen molar-refractivity contribution in [1.82, 2.24) is 9.80 Å². The van der Waals surface area contributed by atoms with Crippen LogP contribution in [0.3, 0.4) is 0 Å². The van der Waals surface area contributed by atoms with Crippen LogP contribution in [0, 0.1) is 5.41 Å². The van der Waals surface area contributed by atoms with Gasteiger partial charge in [0.05, 0.1) is 12.7 Å². The number of ether oxygens (including phenoxy) is 1. The first kappa shape index (κ1) is 13.3. The van der Waals surface area contributed by atoms with E-state index in [0.717, 1.165) is 6.54 Å². The average molecular weight is 228 g/mol. The molecule has 0 saturated carbocycles. The van der Waals surface area contributed by atoms with Crippen LogP contribution in [-0.4, -0.2) is 55.2 Å². The number of carbonyl (C=O) groups is 1. The summed E-state index contributed by atoms with van der Waals surface area (Å²) < 4.78 is 5.72. The highest BCUT2D eigenvalue weighted by atomic mass is 16.5. The summed E-state index contributed by atoms with van der Waals surface area (Å²) in [5.41, 5.74) is 0.0870. The Hall–Kier alpha value is -0.770. The lowest BCUT2D eigenvalue weighted by Crippen LogP contribution is -2.53. The topological polar surface area (TPSA) is 32.8 Å². The first-order valence-electron chi connectivity index (χ1n) is 5.98. The standard InChI is InChI=1S/C12H24N2O2/c1-6-13(5)11(15)14-7-8-16-10(9-14)12(2,3)4/h10H,6-9H2,1-5H3. The summed E-state index contributed by atoms with van der Waals surface area (Å²) in [6, 6.07) is 0.111. The van der Waals surface area contributed by atoms with Crippen LogP contribution < -0.4 is 0 Å². The molecule has 0 radical (unpaired) electrons. The van der Waals surface area contributed by atoms with Gasteiger partial charge in [0, 0.05) is 26.7 Å². The van der Waals surface area contributed by atoms with E-state index in [1.807, 2.05) is 18.9 Å². The number of amides is 2. The van der Waals surface area contributed by atoms with Crippen molar-refractivity contribution in [2.45, 2.75) is 33.8 Å². The number of morpholine rings is 1. The molecule has 1 unspecified atom stereocenters. The summed E-state index contributed by atoms with van der Waals surface area (Å²) in [5.74, 6) is 0. The van der Waals surface area contributed by atoms with E-state index >= 15 is 0 Å². The van der Waals surface area contributed by atoms with E-state index in [1.54, 1.807) is 4.90 Å². The van der Waals surface area contributed by atoms with E-state index in [0.29, 0.717) is 19.7 Å². The number of urea groups is 1. The SMILES string of the molecule is CCN(C)C(=O)N1CCOC(C(C)(C)C)C1. The van der Waals surface area contributed by atoms with Gasteiger partial charge >= 0.3 is 6.03 Å². The van der Waals surface area contributed by atoms with Gasteiger partial charge in [0.2, 0.25) is 0 Å². The maximum absolute atomic E-state index is 12.0. The van der Waals surface area contributed by atoms with Crippen molar-refractivity contribution in [3.8, 4) is 0 Å². The second-order valence-electron chi connectivity index (χ2n) is 5.47. The molecule has 1 saturated heterocycles. The Kier molecular flexibility index (Phi) is 4.19. The van der Waals surface area contributed by atoms with E-state index in [9.17, 15) is 4.79 Å². The van der Waals surface area contributed by atoms with Crippen molar-refractivity contribution in [2.75, 3.05) is 33.3 Å². The normalized spacial score (nSPS) is 22.1. The zero-order chi connectivity index (χ0) is 12.3. The van der Waals surface area contributed by atoms with E-state index in [4.69, 9.17) is 4.74 Å². The highest BCUT2D eigenvalue weighted by Crippen LogP contribution is 2.25. The van der Waals surface area contributed by atoms with E-state index in [-0.39, 0.29) is 17.6 Å². The lowest BCUT2D eigenvalue weighted by Gasteiger charge is -2.40. The summed E-state index contributed by atoms with van der Waals surface area (Å²) in [5, 5.41) is 0. The molecule has 0 aromatic rings. The minimum absolute atomic E-state index is 0.0870. The molecule has 1 rings (SSSR count). The van der Waals surface area contributed by atoms with Crippen LogP contribution in [0.25, 0.3) is 0 Å². The molecule has 0 N–H and O–H groups in total. The van der Waals surface area contributed by atoms with Crippen LogP contribution in [0.2, 0.25) is 0 Å². The highest BCUT2D eigenvalue weighted by Gasteiger charge is 2.33. The summed E-state index contributed by atoms with van der Waals surface area (Å²) in [6.07, 6.45) is 0.135. The molecule has 16 heavy (non-hydrogen) atoms. The van der Waals surface area contributed by atoms with Crippen LogP contribution in [-0.2, 0) is 4.74 Å². The first-order valence-corrected chi connectivity index (χ1v) is 5.98. The van der Waals surface area contributed by atoms with Crippen molar-refractivity contribution in [3.05, 3.63) is 0 Å². The number of carbonyl (C=O) groups excluding carboxylic acids is 1. The van der Waals surface area contributed by atoms with E-state index < -0.39 is 0 Å². The molecule has 0 aromatic carbocycles. The van der Waals surface area contributed by atoms with Crippen molar-refractivity contribution in [2.24, 2.45) is 5.41 Å². The van der Waals surface area contributed by atoms with Gasteiger partial charge in [-0.25, -0.2) is 4.79 Å². The minimum atomic E-state index is 0.0870. The predicted molar refractivity (Wildman–Crippen MR) is 64.5 cm³/mol. The van der Waals surface area contributed by atoms with Crippen molar-refractivity contribution < 1.29 is 9.53 Å². The Labute approximate surface area is 98.5 Å². The quantitative estimate of drug-likeness (QED) is 0.685. The third-order valence-corrected chi connectivity index (χ3v) is 3.10. The van der Waals surface area contributed by atoms with Gasteiger partial charge in [-0.1, -0.05) is 20.8 Å². The molecular formula is C12H24N2O2. The van der Waals surface area contributed by atoms with Gasteiger partial charge < -0.3 is 14.5 Å². The molecule has 1 heterocycles. The van der Waals surface area contributed by atoms with Gasteiger partial charge in [-0.2, -0.15) is 0 Å². The molecule has 1 aliphatic heterocycles. The Morgan fingerprint density at radius 2 is 2.12 bits per heavy atom. The number of hydrogen-bond donors (Lipinski definition) is 0. The molecule has 94 valence electrons. The highest BCUT2D eigenvalue weighted by molar-refractivity contribution is 5.74. The molecule has 0 bridgehead atoms. The van der Waals surface area contributed by atoms with Gasteiger partial charge in [-0.3, -0.25) is 0 Å². The van der Waals surface area contributed by atoms with Crippen molar-refractivity contribution in [1.29, 1.82) is 0 Å².